The van der Waals surface area contributed by atoms with Gasteiger partial charge in [-0.05, 0) is 34.2 Å². The van der Waals surface area contributed by atoms with E-state index >= 15 is 0 Å². The van der Waals surface area contributed by atoms with Crippen LogP contribution in [0.25, 0.3) is 33.3 Å². The van der Waals surface area contributed by atoms with E-state index in [2.05, 4.69) is 105 Å². The van der Waals surface area contributed by atoms with E-state index in [0.29, 0.717) is 0 Å². The second-order valence-electron chi connectivity index (χ2n) is 10.0. The number of aromatic nitrogens is 2. The van der Waals surface area contributed by atoms with Crippen LogP contribution in [-0.4, -0.2) is 22.9 Å². The van der Waals surface area contributed by atoms with Crippen molar-refractivity contribution >= 4 is 22.9 Å². The van der Waals surface area contributed by atoms with Gasteiger partial charge in [0.25, 0.3) is 0 Å². The van der Waals surface area contributed by atoms with Gasteiger partial charge >= 0.3 is 0 Å². The lowest BCUT2D eigenvalue weighted by atomic mass is 9.87. The highest BCUT2D eigenvalue weighted by molar-refractivity contribution is 6.03. The molecule has 180 valence electrons. The molecule has 36 heavy (non-hydrogen) atoms. The zero-order chi connectivity index (χ0) is 25.3. The fourth-order valence-corrected chi connectivity index (χ4v) is 4.54. The molecule has 0 aliphatic carbocycles. The van der Waals surface area contributed by atoms with Gasteiger partial charge in [-0.15, -0.1) is 0 Å². The maximum Gasteiger partial charge on any atom is 0.152 e. The normalized spacial score (nSPS) is 11.9. The summed E-state index contributed by atoms with van der Waals surface area (Å²) in [4.78, 5) is 9.94. The van der Waals surface area contributed by atoms with Crippen LogP contribution in [0.4, 0.5) is 5.69 Å². The van der Waals surface area contributed by atoms with Crippen molar-refractivity contribution in [2.45, 2.75) is 26.2 Å². The first-order valence-electron chi connectivity index (χ1n) is 12.2. The number of aliphatic imine (C=N–C) groups is 1. The number of fused-ring (bicyclic) bond motifs is 1. The van der Waals surface area contributed by atoms with E-state index in [0.717, 1.165) is 50.5 Å². The molecular weight excluding hydrogens is 442 g/mol. The third-order valence-corrected chi connectivity index (χ3v) is 6.59. The standard InChI is InChI=1S/C32H31N3O/c1-32(2,3)24-16-19-28(36-5)27(20-24)33-21-29-34-30-25(22-12-8-6-9-13-22)17-18-26(31(30)35(29)4)23-14-10-7-11-15-23/h6-21H,1-5H3. The molecule has 0 N–H and O–H groups in total. The minimum atomic E-state index is 0.0175. The Hall–Kier alpha value is -4.18. The van der Waals surface area contributed by atoms with E-state index in [1.54, 1.807) is 7.11 Å². The summed E-state index contributed by atoms with van der Waals surface area (Å²) in [7, 11) is 3.74. The van der Waals surface area contributed by atoms with E-state index in [9.17, 15) is 0 Å². The minimum Gasteiger partial charge on any atom is -0.494 e. The molecule has 0 bridgehead atoms. The number of hydrogen-bond donors (Lipinski definition) is 0. The number of methoxy groups -OCH3 is 1. The van der Waals surface area contributed by atoms with Gasteiger partial charge in [-0.3, -0.25) is 0 Å². The van der Waals surface area contributed by atoms with Crippen molar-refractivity contribution in [3.63, 3.8) is 0 Å². The molecule has 5 rings (SSSR count). The van der Waals surface area contributed by atoms with Crippen LogP contribution in [-0.2, 0) is 12.5 Å². The monoisotopic (exact) mass is 473 g/mol. The second kappa shape index (κ2) is 9.46. The van der Waals surface area contributed by atoms with E-state index in [1.165, 1.54) is 5.56 Å². The van der Waals surface area contributed by atoms with Crippen LogP contribution in [0, 0.1) is 0 Å². The van der Waals surface area contributed by atoms with Crippen LogP contribution in [0.15, 0.2) is 96.0 Å². The van der Waals surface area contributed by atoms with Crippen LogP contribution < -0.4 is 4.74 Å². The van der Waals surface area contributed by atoms with Gasteiger partial charge in [0.15, 0.2) is 5.82 Å². The van der Waals surface area contributed by atoms with Crippen LogP contribution in [0.1, 0.15) is 32.2 Å². The van der Waals surface area contributed by atoms with Crippen LogP contribution >= 0.6 is 0 Å². The molecule has 0 atom stereocenters. The lowest BCUT2D eigenvalue weighted by Gasteiger charge is -2.20. The summed E-state index contributed by atoms with van der Waals surface area (Å²) in [5.74, 6) is 1.53. The first-order chi connectivity index (χ1) is 17.4. The van der Waals surface area contributed by atoms with Crippen molar-refractivity contribution < 1.29 is 4.74 Å². The van der Waals surface area contributed by atoms with E-state index in [1.807, 2.05) is 24.4 Å². The predicted octanol–water partition coefficient (Wildman–Crippen LogP) is 7.96. The van der Waals surface area contributed by atoms with Gasteiger partial charge in [-0.25, -0.2) is 9.98 Å². The lowest BCUT2D eigenvalue weighted by molar-refractivity contribution is 0.415. The topological polar surface area (TPSA) is 39.4 Å². The molecular formula is C32H31N3O. The minimum absolute atomic E-state index is 0.0175. The Labute approximate surface area is 212 Å². The molecule has 4 heteroatoms. The maximum atomic E-state index is 5.60. The quantitative estimate of drug-likeness (QED) is 0.243. The summed E-state index contributed by atoms with van der Waals surface area (Å²) in [6.45, 7) is 6.60. The molecule has 0 amide bonds. The number of aryl methyl sites for hydroxylation is 1. The van der Waals surface area contributed by atoms with Crippen molar-refractivity contribution in [2.75, 3.05) is 7.11 Å². The highest BCUT2D eigenvalue weighted by atomic mass is 16.5. The molecule has 0 spiro atoms. The van der Waals surface area contributed by atoms with Crippen molar-refractivity contribution in [3.8, 4) is 28.0 Å². The van der Waals surface area contributed by atoms with Gasteiger partial charge in [0.05, 0.1) is 24.4 Å². The second-order valence-corrected chi connectivity index (χ2v) is 10.0. The van der Waals surface area contributed by atoms with Gasteiger partial charge in [0.2, 0.25) is 0 Å². The molecule has 1 heterocycles. The average molecular weight is 474 g/mol. The first-order valence-corrected chi connectivity index (χ1v) is 12.2. The highest BCUT2D eigenvalue weighted by Gasteiger charge is 2.18. The first kappa shape index (κ1) is 23.6. The molecule has 0 aliphatic heterocycles. The maximum absolute atomic E-state index is 5.60. The molecule has 0 radical (unpaired) electrons. The summed E-state index contributed by atoms with van der Waals surface area (Å²) >= 11 is 0. The van der Waals surface area contributed by atoms with Crippen molar-refractivity contribution in [3.05, 3.63) is 102 Å². The summed E-state index contributed by atoms with van der Waals surface area (Å²) in [6.07, 6.45) is 1.84. The molecule has 0 aliphatic rings. The molecule has 1 aromatic heterocycles. The number of rotatable bonds is 5. The number of ether oxygens (including phenoxy) is 1. The van der Waals surface area contributed by atoms with E-state index in [4.69, 9.17) is 14.7 Å². The predicted molar refractivity (Wildman–Crippen MR) is 151 cm³/mol. The van der Waals surface area contributed by atoms with Crippen molar-refractivity contribution in [1.29, 1.82) is 0 Å². The molecule has 0 unspecified atom stereocenters. The fourth-order valence-electron chi connectivity index (χ4n) is 4.54. The smallest absolute Gasteiger partial charge is 0.152 e. The summed E-state index contributed by atoms with van der Waals surface area (Å²) < 4.78 is 7.74. The van der Waals surface area contributed by atoms with E-state index < -0.39 is 0 Å². The van der Waals surface area contributed by atoms with Gasteiger partial charge < -0.3 is 9.30 Å². The summed E-state index contributed by atoms with van der Waals surface area (Å²) in [5.41, 5.74) is 8.61. The lowest BCUT2D eigenvalue weighted by Crippen LogP contribution is -2.10. The third kappa shape index (κ3) is 4.42. The van der Waals surface area contributed by atoms with Crippen LogP contribution in [0.3, 0.4) is 0 Å². The van der Waals surface area contributed by atoms with Crippen LogP contribution in [0.5, 0.6) is 5.75 Å². The molecule has 0 saturated carbocycles. The largest absolute Gasteiger partial charge is 0.494 e. The Morgan fingerprint density at radius 1 is 0.806 bits per heavy atom. The third-order valence-electron chi connectivity index (χ3n) is 6.59. The molecule has 0 saturated heterocycles. The Bertz CT molecular complexity index is 1540. The number of hydrogen-bond acceptors (Lipinski definition) is 3. The fraction of sp³-hybridized carbons (Fsp3) is 0.188. The Balaban J connectivity index is 1.69. The van der Waals surface area contributed by atoms with Crippen molar-refractivity contribution in [2.24, 2.45) is 12.0 Å². The molecule has 4 nitrogen and oxygen atoms in total. The zero-order valence-corrected chi connectivity index (χ0v) is 21.5. The summed E-state index contributed by atoms with van der Waals surface area (Å²) in [5, 5.41) is 0. The van der Waals surface area contributed by atoms with Gasteiger partial charge in [0.1, 0.15) is 11.4 Å². The number of imidazole rings is 1. The average Bonchev–Trinajstić information content (AvgIpc) is 3.23. The van der Waals surface area contributed by atoms with Crippen LogP contribution in [0.2, 0.25) is 0 Å². The Morgan fingerprint density at radius 3 is 2.03 bits per heavy atom. The number of benzene rings is 4. The highest BCUT2D eigenvalue weighted by Crippen LogP contribution is 2.36. The SMILES string of the molecule is COc1ccc(C(C)(C)C)cc1N=Cc1nc2c(-c3ccccc3)ccc(-c3ccccc3)c2n1C. The van der Waals surface area contributed by atoms with Gasteiger partial charge in [0, 0.05) is 18.2 Å². The van der Waals surface area contributed by atoms with Gasteiger partial charge in [-0.1, -0.05) is 99.6 Å². The molecule has 0 fully saturated rings. The Morgan fingerprint density at radius 2 is 1.42 bits per heavy atom. The van der Waals surface area contributed by atoms with Crippen molar-refractivity contribution in [1.82, 2.24) is 9.55 Å². The van der Waals surface area contributed by atoms with Gasteiger partial charge in [-0.2, -0.15) is 0 Å². The van der Waals surface area contributed by atoms with E-state index in [-0.39, 0.29) is 5.41 Å². The molecule has 5 aromatic rings. The number of nitrogens with zero attached hydrogens (tertiary/aromatic N) is 3. The summed E-state index contributed by atoms with van der Waals surface area (Å²) in [6, 6.07) is 31.4. The zero-order valence-electron chi connectivity index (χ0n) is 21.5. The Kier molecular flexibility index (Phi) is 6.19. The molecule has 4 aromatic carbocycles.